The summed E-state index contributed by atoms with van der Waals surface area (Å²) in [7, 11) is 1.98. The Kier molecular flexibility index (Phi) is 4.36. The summed E-state index contributed by atoms with van der Waals surface area (Å²) in [6, 6.07) is 10.0. The number of nitrogens with one attached hydrogen (secondary N) is 2. The summed E-state index contributed by atoms with van der Waals surface area (Å²) in [6.07, 6.45) is 2.20. The summed E-state index contributed by atoms with van der Waals surface area (Å²) >= 11 is 3.47. The Morgan fingerprint density at radius 2 is 2.14 bits per heavy atom. The fraction of sp³-hybridized carbons (Fsp3) is 0.353. The standard InChI is InChI=1S/C17H19BrN2O2/c1-20(10-17(22)19-13-4-5-13)9-15-14-6-3-12(18)8-11(14)2-7-16(15)21/h2-3,6-8,13,21H,4-5,9-10H2,1H3,(H,19,22)/p+1. The van der Waals surface area contributed by atoms with Gasteiger partial charge in [0, 0.05) is 10.5 Å². The molecule has 2 aromatic rings. The number of carbonyl (C=O) groups excluding carboxylic acids is 1. The molecule has 116 valence electrons. The number of likely N-dealkylation sites (N-methyl/N-ethyl adjacent to an activating group) is 1. The van der Waals surface area contributed by atoms with Gasteiger partial charge in [0.2, 0.25) is 0 Å². The number of hydrogen-bond acceptors (Lipinski definition) is 2. The van der Waals surface area contributed by atoms with E-state index in [9.17, 15) is 9.90 Å². The van der Waals surface area contributed by atoms with Crippen LogP contribution in [0.5, 0.6) is 5.75 Å². The van der Waals surface area contributed by atoms with Crippen LogP contribution in [-0.4, -0.2) is 30.6 Å². The lowest BCUT2D eigenvalue weighted by Crippen LogP contribution is -3.08. The second-order valence-corrected chi connectivity index (χ2v) is 7.00. The molecule has 3 N–H and O–H groups in total. The van der Waals surface area contributed by atoms with Crippen LogP contribution in [0, 0.1) is 0 Å². The first-order valence-corrected chi connectivity index (χ1v) is 8.33. The molecule has 1 amide bonds. The average molecular weight is 364 g/mol. The van der Waals surface area contributed by atoms with Crippen molar-refractivity contribution in [1.29, 1.82) is 0 Å². The van der Waals surface area contributed by atoms with E-state index in [1.807, 2.05) is 31.3 Å². The first-order chi connectivity index (χ1) is 10.5. The van der Waals surface area contributed by atoms with E-state index in [0.29, 0.717) is 19.1 Å². The zero-order valence-corrected chi connectivity index (χ0v) is 14.1. The fourth-order valence-electron chi connectivity index (χ4n) is 2.68. The molecular weight excluding hydrogens is 344 g/mol. The smallest absolute Gasteiger partial charge is 0.275 e. The van der Waals surface area contributed by atoms with Gasteiger partial charge in [0.1, 0.15) is 12.3 Å². The Morgan fingerprint density at radius 1 is 1.36 bits per heavy atom. The molecule has 0 spiro atoms. The van der Waals surface area contributed by atoms with Crippen molar-refractivity contribution in [3.05, 3.63) is 40.4 Å². The molecule has 4 nitrogen and oxygen atoms in total. The van der Waals surface area contributed by atoms with Crippen molar-refractivity contribution in [2.75, 3.05) is 13.6 Å². The van der Waals surface area contributed by atoms with Crippen LogP contribution < -0.4 is 10.2 Å². The molecule has 1 atom stereocenters. The molecule has 2 aromatic carbocycles. The SMILES string of the molecule is C[NH+](CC(=O)NC1CC1)Cc1c(O)ccc2cc(Br)ccc12. The monoisotopic (exact) mass is 363 g/mol. The molecule has 1 aliphatic carbocycles. The molecular formula is C17H20BrN2O2+. The Balaban J connectivity index is 1.77. The molecule has 0 heterocycles. The maximum absolute atomic E-state index is 11.9. The van der Waals surface area contributed by atoms with E-state index in [1.165, 1.54) is 0 Å². The molecule has 0 aromatic heterocycles. The van der Waals surface area contributed by atoms with Crippen LogP contribution in [0.4, 0.5) is 0 Å². The molecule has 1 fully saturated rings. The lowest BCUT2D eigenvalue weighted by atomic mass is 10.0. The van der Waals surface area contributed by atoms with Gasteiger partial charge < -0.3 is 15.3 Å². The first-order valence-electron chi connectivity index (χ1n) is 7.53. The number of hydrogen-bond donors (Lipinski definition) is 3. The van der Waals surface area contributed by atoms with E-state index in [4.69, 9.17) is 0 Å². The van der Waals surface area contributed by atoms with E-state index in [0.717, 1.165) is 38.6 Å². The predicted molar refractivity (Wildman–Crippen MR) is 89.9 cm³/mol. The second kappa shape index (κ2) is 6.26. The van der Waals surface area contributed by atoms with Crippen molar-refractivity contribution in [2.45, 2.75) is 25.4 Å². The molecule has 5 heteroatoms. The molecule has 3 rings (SSSR count). The van der Waals surface area contributed by atoms with Gasteiger partial charge in [0.25, 0.3) is 5.91 Å². The maximum atomic E-state index is 11.9. The Labute approximate surface area is 138 Å². The summed E-state index contributed by atoms with van der Waals surface area (Å²) < 4.78 is 1.01. The van der Waals surface area contributed by atoms with Crippen molar-refractivity contribution >= 4 is 32.6 Å². The molecule has 0 bridgehead atoms. The van der Waals surface area contributed by atoms with E-state index in [1.54, 1.807) is 6.07 Å². The van der Waals surface area contributed by atoms with Gasteiger partial charge >= 0.3 is 0 Å². The number of phenols is 1. The lowest BCUT2D eigenvalue weighted by molar-refractivity contribution is -0.885. The highest BCUT2D eigenvalue weighted by atomic mass is 79.9. The van der Waals surface area contributed by atoms with Crippen molar-refractivity contribution in [3.8, 4) is 5.75 Å². The number of rotatable bonds is 5. The summed E-state index contributed by atoms with van der Waals surface area (Å²) in [5.41, 5.74) is 0.890. The minimum absolute atomic E-state index is 0.0856. The summed E-state index contributed by atoms with van der Waals surface area (Å²) in [5.74, 6) is 0.374. The zero-order valence-electron chi connectivity index (χ0n) is 12.5. The van der Waals surface area contributed by atoms with E-state index in [2.05, 4.69) is 21.2 Å². The van der Waals surface area contributed by atoms with Gasteiger partial charge in [0.15, 0.2) is 6.54 Å². The van der Waals surface area contributed by atoms with Crippen molar-refractivity contribution < 1.29 is 14.8 Å². The third-order valence-electron chi connectivity index (χ3n) is 3.95. The number of quaternary nitrogens is 1. The number of carbonyl (C=O) groups is 1. The van der Waals surface area contributed by atoms with Gasteiger partial charge in [-0.2, -0.15) is 0 Å². The molecule has 22 heavy (non-hydrogen) atoms. The third kappa shape index (κ3) is 3.59. The van der Waals surface area contributed by atoms with E-state index >= 15 is 0 Å². The largest absolute Gasteiger partial charge is 0.507 e. The third-order valence-corrected chi connectivity index (χ3v) is 4.45. The van der Waals surface area contributed by atoms with Gasteiger partial charge in [0.05, 0.1) is 12.6 Å². The van der Waals surface area contributed by atoms with Gasteiger partial charge in [-0.05, 0) is 41.8 Å². The molecule has 0 saturated heterocycles. The Bertz CT molecular complexity index is 713. The van der Waals surface area contributed by atoms with E-state index in [-0.39, 0.29) is 11.7 Å². The van der Waals surface area contributed by atoms with Gasteiger partial charge in [-0.1, -0.05) is 28.1 Å². The summed E-state index contributed by atoms with van der Waals surface area (Å²) in [4.78, 5) is 12.9. The van der Waals surface area contributed by atoms with Crippen LogP contribution in [0.15, 0.2) is 34.8 Å². The zero-order chi connectivity index (χ0) is 15.7. The Morgan fingerprint density at radius 3 is 2.86 bits per heavy atom. The lowest BCUT2D eigenvalue weighted by Gasteiger charge is -2.16. The van der Waals surface area contributed by atoms with Crippen LogP contribution in [0.1, 0.15) is 18.4 Å². The number of amides is 1. The van der Waals surface area contributed by atoms with Crippen LogP contribution in [0.2, 0.25) is 0 Å². The quantitative estimate of drug-likeness (QED) is 0.755. The minimum atomic E-state index is 0.0856. The van der Waals surface area contributed by atoms with E-state index < -0.39 is 0 Å². The van der Waals surface area contributed by atoms with Crippen molar-refractivity contribution in [2.24, 2.45) is 0 Å². The van der Waals surface area contributed by atoms with Crippen LogP contribution in [-0.2, 0) is 11.3 Å². The Hall–Kier alpha value is -1.59. The highest BCUT2D eigenvalue weighted by Gasteiger charge is 2.24. The molecule has 1 saturated carbocycles. The molecule has 0 radical (unpaired) electrons. The predicted octanol–water partition coefficient (Wildman–Crippen LogP) is 1.60. The number of halogens is 1. The number of phenolic OH excluding ortho intramolecular Hbond substituents is 1. The normalized spacial score (nSPS) is 15.7. The summed E-state index contributed by atoms with van der Waals surface area (Å²) in [6.45, 7) is 1.03. The number of benzene rings is 2. The van der Waals surface area contributed by atoms with Gasteiger partial charge in [-0.3, -0.25) is 4.79 Å². The molecule has 1 unspecified atom stereocenters. The molecule has 0 aliphatic heterocycles. The fourth-order valence-corrected chi connectivity index (χ4v) is 3.06. The van der Waals surface area contributed by atoms with Crippen molar-refractivity contribution in [3.63, 3.8) is 0 Å². The highest BCUT2D eigenvalue weighted by Crippen LogP contribution is 2.28. The number of fused-ring (bicyclic) bond motifs is 1. The first kappa shape index (κ1) is 15.3. The average Bonchev–Trinajstić information content (AvgIpc) is 3.25. The van der Waals surface area contributed by atoms with Gasteiger partial charge in [-0.25, -0.2) is 0 Å². The highest BCUT2D eigenvalue weighted by molar-refractivity contribution is 9.10. The second-order valence-electron chi connectivity index (χ2n) is 6.08. The topological polar surface area (TPSA) is 53.8 Å². The number of aromatic hydroxyl groups is 1. The van der Waals surface area contributed by atoms with Gasteiger partial charge in [-0.15, -0.1) is 0 Å². The summed E-state index contributed by atoms with van der Waals surface area (Å²) in [5, 5.41) is 15.3. The maximum Gasteiger partial charge on any atom is 0.275 e. The van der Waals surface area contributed by atoms with Crippen LogP contribution in [0.3, 0.4) is 0 Å². The van der Waals surface area contributed by atoms with Crippen LogP contribution >= 0.6 is 15.9 Å². The molecule has 1 aliphatic rings. The van der Waals surface area contributed by atoms with Crippen molar-refractivity contribution in [1.82, 2.24) is 5.32 Å². The minimum Gasteiger partial charge on any atom is -0.507 e. The van der Waals surface area contributed by atoms with Crippen LogP contribution in [0.25, 0.3) is 10.8 Å².